The van der Waals surface area contributed by atoms with Crippen molar-refractivity contribution >= 4 is 0 Å². The zero-order valence-electron chi connectivity index (χ0n) is 10.5. The second kappa shape index (κ2) is 6.17. The third-order valence-electron chi connectivity index (χ3n) is 2.78. The highest BCUT2D eigenvalue weighted by atomic mass is 16.5. The van der Waals surface area contributed by atoms with Crippen molar-refractivity contribution in [3.63, 3.8) is 0 Å². The van der Waals surface area contributed by atoms with Gasteiger partial charge in [-0.2, -0.15) is 0 Å². The molecule has 0 saturated heterocycles. The van der Waals surface area contributed by atoms with E-state index < -0.39 is 0 Å². The average Bonchev–Trinajstić information content (AvgIpc) is 2.42. The largest absolute Gasteiger partial charge is 0.484 e. The van der Waals surface area contributed by atoms with Gasteiger partial charge in [-0.25, -0.2) is 0 Å². The van der Waals surface area contributed by atoms with Crippen LogP contribution in [-0.4, -0.2) is 11.5 Å². The van der Waals surface area contributed by atoms with Crippen LogP contribution in [0, 0.1) is 0 Å². The first-order valence-electron chi connectivity index (χ1n) is 6.16. The summed E-state index contributed by atoms with van der Waals surface area (Å²) in [6.45, 7) is 2.65. The number of hydrogen-bond donors (Lipinski definition) is 1. The lowest BCUT2D eigenvalue weighted by Crippen LogP contribution is -2.05. The molecule has 1 aromatic heterocycles. The van der Waals surface area contributed by atoms with Gasteiger partial charge in [0.25, 0.3) is 0 Å². The molecule has 0 amide bonds. The van der Waals surface area contributed by atoms with E-state index in [1.54, 1.807) is 6.20 Å². The standard InChI is InChI=1S/C15H18N2O/c1-12(13-5-3-2-4-6-13)18-15-8-7-14(9-10-16)17-11-15/h2-8,11-12H,9-10,16H2,1H3. The molecule has 1 heterocycles. The van der Waals surface area contributed by atoms with Crippen LogP contribution in [0.15, 0.2) is 48.7 Å². The third-order valence-corrected chi connectivity index (χ3v) is 2.78. The van der Waals surface area contributed by atoms with Crippen LogP contribution in [0.1, 0.15) is 24.3 Å². The fraction of sp³-hybridized carbons (Fsp3) is 0.267. The van der Waals surface area contributed by atoms with Crippen LogP contribution in [0.5, 0.6) is 5.75 Å². The summed E-state index contributed by atoms with van der Waals surface area (Å²) >= 11 is 0. The van der Waals surface area contributed by atoms with E-state index in [2.05, 4.69) is 17.1 Å². The van der Waals surface area contributed by atoms with E-state index in [-0.39, 0.29) is 6.10 Å². The predicted octanol–water partition coefficient (Wildman–Crippen LogP) is 2.72. The van der Waals surface area contributed by atoms with E-state index in [4.69, 9.17) is 10.5 Å². The van der Waals surface area contributed by atoms with Gasteiger partial charge in [0.2, 0.25) is 0 Å². The smallest absolute Gasteiger partial charge is 0.138 e. The normalized spacial score (nSPS) is 12.1. The zero-order valence-corrected chi connectivity index (χ0v) is 10.5. The molecule has 18 heavy (non-hydrogen) atoms. The Balaban J connectivity index is 2.01. The first kappa shape index (κ1) is 12.6. The second-order valence-corrected chi connectivity index (χ2v) is 4.19. The quantitative estimate of drug-likeness (QED) is 0.877. The molecule has 0 radical (unpaired) electrons. The van der Waals surface area contributed by atoms with E-state index >= 15 is 0 Å². The maximum absolute atomic E-state index is 5.84. The number of benzene rings is 1. The maximum atomic E-state index is 5.84. The summed E-state index contributed by atoms with van der Waals surface area (Å²) in [5.74, 6) is 0.784. The van der Waals surface area contributed by atoms with Crippen molar-refractivity contribution in [1.82, 2.24) is 4.98 Å². The molecule has 1 unspecified atom stereocenters. The number of nitrogens with two attached hydrogens (primary N) is 1. The molecule has 2 aromatic rings. The van der Waals surface area contributed by atoms with Gasteiger partial charge in [0.05, 0.1) is 6.20 Å². The fourth-order valence-corrected chi connectivity index (χ4v) is 1.77. The van der Waals surface area contributed by atoms with Crippen molar-refractivity contribution in [1.29, 1.82) is 0 Å². The summed E-state index contributed by atoms with van der Waals surface area (Å²) in [6, 6.07) is 14.0. The van der Waals surface area contributed by atoms with Crippen molar-refractivity contribution in [2.24, 2.45) is 5.73 Å². The van der Waals surface area contributed by atoms with E-state index in [1.807, 2.05) is 37.3 Å². The van der Waals surface area contributed by atoms with Gasteiger partial charge >= 0.3 is 0 Å². The van der Waals surface area contributed by atoms with Crippen LogP contribution in [0.4, 0.5) is 0 Å². The Morgan fingerprint density at radius 3 is 2.56 bits per heavy atom. The number of rotatable bonds is 5. The fourth-order valence-electron chi connectivity index (χ4n) is 1.77. The molecule has 3 nitrogen and oxygen atoms in total. The van der Waals surface area contributed by atoms with Crippen LogP contribution in [0.2, 0.25) is 0 Å². The van der Waals surface area contributed by atoms with E-state index in [0.717, 1.165) is 23.4 Å². The van der Waals surface area contributed by atoms with Crippen molar-refractivity contribution in [2.45, 2.75) is 19.4 Å². The number of ether oxygens (including phenoxy) is 1. The number of aromatic nitrogens is 1. The lowest BCUT2D eigenvalue weighted by Gasteiger charge is -2.14. The van der Waals surface area contributed by atoms with Crippen LogP contribution < -0.4 is 10.5 Å². The maximum Gasteiger partial charge on any atom is 0.138 e. The molecule has 1 aromatic carbocycles. The monoisotopic (exact) mass is 242 g/mol. The molecule has 0 aliphatic rings. The molecule has 0 aliphatic carbocycles. The molecule has 2 rings (SSSR count). The van der Waals surface area contributed by atoms with Gasteiger partial charge < -0.3 is 10.5 Å². The summed E-state index contributed by atoms with van der Waals surface area (Å²) < 4.78 is 5.84. The molecule has 1 atom stereocenters. The van der Waals surface area contributed by atoms with Gasteiger partial charge in [-0.15, -0.1) is 0 Å². The molecule has 0 saturated carbocycles. The van der Waals surface area contributed by atoms with Gasteiger partial charge in [0.1, 0.15) is 11.9 Å². The zero-order chi connectivity index (χ0) is 12.8. The molecule has 0 aliphatic heterocycles. The molecular formula is C15H18N2O. The van der Waals surface area contributed by atoms with Crippen molar-refractivity contribution < 1.29 is 4.74 Å². The Hall–Kier alpha value is -1.87. The summed E-state index contributed by atoms with van der Waals surface area (Å²) in [6.07, 6.45) is 2.58. The molecule has 2 N–H and O–H groups in total. The summed E-state index contributed by atoms with van der Waals surface area (Å²) in [4.78, 5) is 4.31. The molecule has 0 fully saturated rings. The third kappa shape index (κ3) is 3.31. The van der Waals surface area contributed by atoms with Crippen LogP contribution in [0.3, 0.4) is 0 Å². The Kier molecular flexibility index (Phi) is 4.31. The molecule has 94 valence electrons. The highest BCUT2D eigenvalue weighted by Crippen LogP contribution is 2.20. The minimum atomic E-state index is 0.0216. The highest BCUT2D eigenvalue weighted by Gasteiger charge is 2.06. The summed E-state index contributed by atoms with van der Waals surface area (Å²) in [5, 5.41) is 0. The van der Waals surface area contributed by atoms with Gasteiger partial charge in [-0.3, -0.25) is 4.98 Å². The van der Waals surface area contributed by atoms with Crippen molar-refractivity contribution in [2.75, 3.05) is 6.54 Å². The summed E-state index contributed by atoms with van der Waals surface area (Å²) in [7, 11) is 0. The van der Waals surface area contributed by atoms with Crippen molar-refractivity contribution in [3.05, 3.63) is 59.9 Å². The Morgan fingerprint density at radius 1 is 1.17 bits per heavy atom. The van der Waals surface area contributed by atoms with Crippen molar-refractivity contribution in [3.8, 4) is 5.75 Å². The Morgan fingerprint density at radius 2 is 1.94 bits per heavy atom. The SMILES string of the molecule is CC(Oc1ccc(CCN)nc1)c1ccccc1. The number of hydrogen-bond acceptors (Lipinski definition) is 3. The first-order chi connectivity index (χ1) is 8.79. The van der Waals surface area contributed by atoms with Crippen LogP contribution in [0.25, 0.3) is 0 Å². The second-order valence-electron chi connectivity index (χ2n) is 4.19. The van der Waals surface area contributed by atoms with E-state index in [9.17, 15) is 0 Å². The lowest BCUT2D eigenvalue weighted by atomic mass is 10.1. The van der Waals surface area contributed by atoms with Crippen LogP contribution >= 0.6 is 0 Å². The van der Waals surface area contributed by atoms with Gasteiger partial charge in [0.15, 0.2) is 0 Å². The highest BCUT2D eigenvalue weighted by molar-refractivity contribution is 5.23. The predicted molar refractivity (Wildman–Crippen MR) is 72.5 cm³/mol. The van der Waals surface area contributed by atoms with Gasteiger partial charge in [-0.1, -0.05) is 30.3 Å². The summed E-state index contributed by atoms with van der Waals surface area (Å²) in [5.41, 5.74) is 7.64. The Bertz CT molecular complexity index is 468. The minimum absolute atomic E-state index is 0.0216. The van der Waals surface area contributed by atoms with Gasteiger partial charge in [0, 0.05) is 12.1 Å². The molecule has 0 spiro atoms. The average molecular weight is 242 g/mol. The van der Waals surface area contributed by atoms with Crippen LogP contribution in [-0.2, 0) is 6.42 Å². The number of nitrogens with zero attached hydrogens (tertiary/aromatic N) is 1. The molecule has 3 heteroatoms. The van der Waals surface area contributed by atoms with E-state index in [0.29, 0.717) is 6.54 Å². The topological polar surface area (TPSA) is 48.1 Å². The molecule has 0 bridgehead atoms. The molecular weight excluding hydrogens is 224 g/mol. The first-order valence-corrected chi connectivity index (χ1v) is 6.16. The van der Waals surface area contributed by atoms with E-state index in [1.165, 1.54) is 0 Å². The Labute approximate surface area is 108 Å². The van der Waals surface area contributed by atoms with Gasteiger partial charge in [-0.05, 0) is 31.2 Å². The lowest BCUT2D eigenvalue weighted by molar-refractivity contribution is 0.226. The number of pyridine rings is 1. The minimum Gasteiger partial charge on any atom is -0.484 e.